The van der Waals surface area contributed by atoms with Crippen molar-refractivity contribution >= 4 is 34.6 Å². The van der Waals surface area contributed by atoms with Gasteiger partial charge in [-0.2, -0.15) is 0 Å². The van der Waals surface area contributed by atoms with Gasteiger partial charge in [-0.15, -0.1) is 0 Å². The van der Waals surface area contributed by atoms with Crippen LogP contribution in [0.3, 0.4) is 0 Å². The lowest BCUT2D eigenvalue weighted by atomic mass is 10.1. The summed E-state index contributed by atoms with van der Waals surface area (Å²) < 4.78 is 0. The minimum atomic E-state index is -1.08. The van der Waals surface area contributed by atoms with Crippen LogP contribution in [0.5, 0.6) is 0 Å². The molecule has 6 heteroatoms. The maximum Gasteiger partial charge on any atom is 0.305 e. The molecule has 1 atom stereocenters. The van der Waals surface area contributed by atoms with E-state index in [-0.39, 0.29) is 6.42 Å². The Morgan fingerprint density at radius 2 is 1.89 bits per heavy atom. The maximum atomic E-state index is 12.2. The molecule has 1 aliphatic heterocycles. The van der Waals surface area contributed by atoms with Gasteiger partial charge in [0.25, 0.3) is 5.24 Å². The summed E-state index contributed by atoms with van der Waals surface area (Å²) in [6.07, 6.45) is -0.337. The van der Waals surface area contributed by atoms with E-state index in [1.54, 1.807) is 0 Å². The van der Waals surface area contributed by atoms with E-state index >= 15 is 0 Å². The van der Waals surface area contributed by atoms with Gasteiger partial charge >= 0.3 is 5.97 Å². The lowest BCUT2D eigenvalue weighted by molar-refractivity contribution is -0.138. The van der Waals surface area contributed by atoms with Crippen LogP contribution in [0, 0.1) is 13.8 Å². The van der Waals surface area contributed by atoms with E-state index in [2.05, 4.69) is 0 Å². The minimum absolute atomic E-state index is 0.337. The number of aliphatic carboxylic acids is 1. The third kappa shape index (κ3) is 2.49. The van der Waals surface area contributed by atoms with Gasteiger partial charge in [0.15, 0.2) is 0 Å². The summed E-state index contributed by atoms with van der Waals surface area (Å²) in [7, 11) is 0. The number of carboxylic acid groups (broad SMARTS) is 1. The number of para-hydroxylation sites is 1. The van der Waals surface area contributed by atoms with Crippen LogP contribution in [0.25, 0.3) is 0 Å². The Hall–Kier alpha value is -1.82. The summed E-state index contributed by atoms with van der Waals surface area (Å²) in [4.78, 5) is 35.9. The molecule has 2 amide bonds. The lowest BCUT2D eigenvalue weighted by Gasteiger charge is -2.18. The number of imide groups is 1. The Labute approximate surface area is 114 Å². The van der Waals surface area contributed by atoms with E-state index in [1.807, 2.05) is 32.0 Å². The molecule has 1 N–H and O–H groups in total. The van der Waals surface area contributed by atoms with E-state index in [4.69, 9.17) is 5.11 Å². The van der Waals surface area contributed by atoms with Gasteiger partial charge in [-0.05, 0) is 36.7 Å². The van der Waals surface area contributed by atoms with Gasteiger partial charge in [0.1, 0.15) is 5.25 Å². The zero-order valence-corrected chi connectivity index (χ0v) is 11.4. The molecular weight excluding hydrogens is 266 g/mol. The van der Waals surface area contributed by atoms with E-state index in [1.165, 1.54) is 0 Å². The highest BCUT2D eigenvalue weighted by Gasteiger charge is 2.42. The monoisotopic (exact) mass is 279 g/mol. The summed E-state index contributed by atoms with van der Waals surface area (Å²) in [5, 5.41) is 7.51. The molecule has 0 radical (unpaired) electrons. The summed E-state index contributed by atoms with van der Waals surface area (Å²) in [6, 6.07) is 5.48. The van der Waals surface area contributed by atoms with E-state index < -0.39 is 22.4 Å². The van der Waals surface area contributed by atoms with Crippen molar-refractivity contribution in [1.82, 2.24) is 0 Å². The van der Waals surface area contributed by atoms with Crippen LogP contribution in [-0.2, 0) is 9.59 Å². The molecule has 0 spiro atoms. The average molecular weight is 279 g/mol. The lowest BCUT2D eigenvalue weighted by Crippen LogP contribution is -2.33. The highest BCUT2D eigenvalue weighted by molar-refractivity contribution is 8.15. The first-order valence-corrected chi connectivity index (χ1v) is 6.62. The van der Waals surface area contributed by atoms with Crippen molar-refractivity contribution in [3.05, 3.63) is 29.3 Å². The number of benzene rings is 1. The second-order valence-corrected chi connectivity index (χ2v) is 5.54. The molecule has 0 aromatic heterocycles. The summed E-state index contributed by atoms with van der Waals surface area (Å²) in [6.45, 7) is 3.64. The van der Waals surface area contributed by atoms with Gasteiger partial charge < -0.3 is 5.11 Å². The number of carbonyl (C=O) groups is 3. The smallest absolute Gasteiger partial charge is 0.305 e. The number of nitrogens with zero attached hydrogens (tertiary/aromatic N) is 1. The van der Waals surface area contributed by atoms with Crippen molar-refractivity contribution in [3.63, 3.8) is 0 Å². The molecule has 1 saturated heterocycles. The Kier molecular flexibility index (Phi) is 3.61. The minimum Gasteiger partial charge on any atom is -0.481 e. The Balaban J connectivity index is 2.38. The molecule has 0 bridgehead atoms. The fraction of sp³-hybridized carbons (Fsp3) is 0.308. The van der Waals surface area contributed by atoms with Gasteiger partial charge in [0.2, 0.25) is 5.91 Å². The largest absolute Gasteiger partial charge is 0.481 e. The topological polar surface area (TPSA) is 74.7 Å². The van der Waals surface area contributed by atoms with Crippen molar-refractivity contribution in [2.75, 3.05) is 4.90 Å². The van der Waals surface area contributed by atoms with E-state index in [0.29, 0.717) is 5.69 Å². The molecule has 0 unspecified atom stereocenters. The molecule has 0 aliphatic carbocycles. The van der Waals surface area contributed by atoms with E-state index in [9.17, 15) is 14.4 Å². The zero-order chi connectivity index (χ0) is 14.2. The first-order valence-electron chi connectivity index (χ1n) is 5.74. The Bertz CT molecular complexity index is 550. The first kappa shape index (κ1) is 13.6. The second kappa shape index (κ2) is 5.05. The summed E-state index contributed by atoms with van der Waals surface area (Å²) in [5.74, 6) is -1.53. The predicted molar refractivity (Wildman–Crippen MR) is 72.4 cm³/mol. The van der Waals surface area contributed by atoms with Crippen molar-refractivity contribution in [2.45, 2.75) is 25.5 Å². The SMILES string of the molecule is Cc1cccc(C)c1N1C(=O)S[C@H](CC(=O)O)C1=O. The fourth-order valence-corrected chi connectivity index (χ4v) is 3.07. The Morgan fingerprint density at radius 1 is 1.32 bits per heavy atom. The van der Waals surface area contributed by atoms with Crippen molar-refractivity contribution in [2.24, 2.45) is 0 Å². The number of carboxylic acids is 1. The highest BCUT2D eigenvalue weighted by atomic mass is 32.2. The molecule has 100 valence electrons. The van der Waals surface area contributed by atoms with Gasteiger partial charge in [-0.3, -0.25) is 14.4 Å². The number of aryl methyl sites for hydroxylation is 2. The van der Waals surface area contributed by atoms with Crippen LogP contribution in [0.15, 0.2) is 18.2 Å². The van der Waals surface area contributed by atoms with Crippen LogP contribution >= 0.6 is 11.8 Å². The number of thioether (sulfide) groups is 1. The quantitative estimate of drug-likeness (QED) is 0.919. The van der Waals surface area contributed by atoms with Crippen molar-refractivity contribution < 1.29 is 19.5 Å². The molecular formula is C13H13NO4S. The number of rotatable bonds is 3. The van der Waals surface area contributed by atoms with Crippen LogP contribution in [0.4, 0.5) is 10.5 Å². The summed E-state index contributed by atoms with van der Waals surface area (Å²) in [5.41, 5.74) is 2.20. The maximum absolute atomic E-state index is 12.2. The standard InChI is InChI=1S/C13H13NO4S/c1-7-4-3-5-8(2)11(7)14-12(17)9(6-10(15)16)19-13(14)18/h3-5,9H,6H2,1-2H3,(H,15,16)/t9-/m1/s1. The van der Waals surface area contributed by atoms with Crippen molar-refractivity contribution in [1.29, 1.82) is 0 Å². The first-order chi connectivity index (χ1) is 8.91. The number of anilines is 1. The fourth-order valence-electron chi connectivity index (χ4n) is 2.11. The molecule has 0 saturated carbocycles. The molecule has 1 aromatic carbocycles. The summed E-state index contributed by atoms with van der Waals surface area (Å²) >= 11 is 0.779. The molecule has 1 aliphatic rings. The predicted octanol–water partition coefficient (Wildman–Crippen LogP) is 2.35. The van der Waals surface area contributed by atoms with Crippen molar-refractivity contribution in [3.8, 4) is 0 Å². The molecule has 2 rings (SSSR count). The number of amides is 2. The normalized spacial score (nSPS) is 19.1. The van der Waals surface area contributed by atoms with Gasteiger partial charge in [-0.1, -0.05) is 18.2 Å². The molecule has 1 fully saturated rings. The molecule has 19 heavy (non-hydrogen) atoms. The number of hydrogen-bond acceptors (Lipinski definition) is 4. The van der Waals surface area contributed by atoms with Crippen LogP contribution in [0.1, 0.15) is 17.5 Å². The molecule has 1 heterocycles. The third-order valence-electron chi connectivity index (χ3n) is 2.94. The molecule has 5 nitrogen and oxygen atoms in total. The van der Waals surface area contributed by atoms with E-state index in [0.717, 1.165) is 27.8 Å². The van der Waals surface area contributed by atoms with Gasteiger partial charge in [-0.25, -0.2) is 4.90 Å². The van der Waals surface area contributed by atoms with Gasteiger partial charge in [0, 0.05) is 0 Å². The van der Waals surface area contributed by atoms with Crippen LogP contribution in [0.2, 0.25) is 0 Å². The number of carbonyl (C=O) groups excluding carboxylic acids is 2. The molecule has 1 aromatic rings. The van der Waals surface area contributed by atoms with Crippen LogP contribution in [-0.4, -0.2) is 27.5 Å². The third-order valence-corrected chi connectivity index (χ3v) is 3.98. The highest BCUT2D eigenvalue weighted by Crippen LogP contribution is 2.36. The number of hydrogen-bond donors (Lipinski definition) is 1. The zero-order valence-electron chi connectivity index (χ0n) is 10.5. The van der Waals surface area contributed by atoms with Gasteiger partial charge in [0.05, 0.1) is 12.1 Å². The average Bonchev–Trinajstić information content (AvgIpc) is 2.55. The van der Waals surface area contributed by atoms with Crippen LogP contribution < -0.4 is 4.90 Å². The second-order valence-electron chi connectivity index (χ2n) is 4.38. The Morgan fingerprint density at radius 3 is 2.42 bits per heavy atom.